The van der Waals surface area contributed by atoms with Crippen LogP contribution in [0.25, 0.3) is 10.8 Å². The number of carbonyl (C=O) groups is 1. The highest BCUT2D eigenvalue weighted by Gasteiger charge is 2.20. The van der Waals surface area contributed by atoms with Gasteiger partial charge in [0.1, 0.15) is 0 Å². The average Bonchev–Trinajstić information content (AvgIpc) is 2.64. The van der Waals surface area contributed by atoms with E-state index in [-0.39, 0.29) is 22.8 Å². The number of esters is 1. The Labute approximate surface area is 150 Å². The first-order chi connectivity index (χ1) is 12.5. The van der Waals surface area contributed by atoms with Crippen LogP contribution in [0.2, 0.25) is 0 Å². The van der Waals surface area contributed by atoms with Crippen LogP contribution in [0.15, 0.2) is 48.5 Å². The summed E-state index contributed by atoms with van der Waals surface area (Å²) < 4.78 is 19.1. The number of phenols is 2. The molecule has 0 aliphatic heterocycles. The number of halogens is 1. The molecule has 0 bridgehead atoms. The van der Waals surface area contributed by atoms with Crippen molar-refractivity contribution in [2.45, 2.75) is 26.2 Å². The van der Waals surface area contributed by atoms with Gasteiger partial charge in [-0.1, -0.05) is 37.6 Å². The SMILES string of the molecule is CCCCc1ccc2c(O)c(O)ccc2c1C(=O)Oc1ccccc1F. The van der Waals surface area contributed by atoms with Crippen molar-refractivity contribution in [2.24, 2.45) is 0 Å². The summed E-state index contributed by atoms with van der Waals surface area (Å²) in [6.45, 7) is 2.04. The van der Waals surface area contributed by atoms with E-state index >= 15 is 0 Å². The summed E-state index contributed by atoms with van der Waals surface area (Å²) in [4.78, 5) is 12.8. The van der Waals surface area contributed by atoms with Gasteiger partial charge in [-0.2, -0.15) is 0 Å². The lowest BCUT2D eigenvalue weighted by atomic mass is 9.95. The van der Waals surface area contributed by atoms with E-state index in [0.717, 1.165) is 18.4 Å². The second-order valence-corrected chi connectivity index (χ2v) is 6.05. The van der Waals surface area contributed by atoms with Crippen molar-refractivity contribution in [1.29, 1.82) is 0 Å². The van der Waals surface area contributed by atoms with Crippen molar-refractivity contribution in [3.8, 4) is 17.2 Å². The maximum Gasteiger partial charge on any atom is 0.344 e. The van der Waals surface area contributed by atoms with Crippen molar-refractivity contribution in [2.75, 3.05) is 0 Å². The summed E-state index contributed by atoms with van der Waals surface area (Å²) in [6, 6.07) is 12.0. The molecule has 0 aromatic heterocycles. The van der Waals surface area contributed by atoms with Crippen LogP contribution in [0, 0.1) is 5.82 Å². The van der Waals surface area contributed by atoms with E-state index in [9.17, 15) is 19.4 Å². The molecule has 0 aliphatic carbocycles. The number of hydrogen-bond acceptors (Lipinski definition) is 4. The summed E-state index contributed by atoms with van der Waals surface area (Å²) in [7, 11) is 0. The molecule has 3 aromatic carbocycles. The number of hydrogen-bond donors (Lipinski definition) is 2. The topological polar surface area (TPSA) is 66.8 Å². The standard InChI is InChI=1S/C21H19FO4/c1-2-3-6-13-9-10-15-14(11-12-17(23)20(15)24)19(13)21(25)26-18-8-5-4-7-16(18)22/h4-5,7-12,23-24H,2-3,6H2,1H3. The first-order valence-electron chi connectivity index (χ1n) is 8.46. The van der Waals surface area contributed by atoms with Gasteiger partial charge in [-0.3, -0.25) is 0 Å². The third-order valence-corrected chi connectivity index (χ3v) is 4.28. The molecule has 0 radical (unpaired) electrons. The number of para-hydroxylation sites is 1. The Hall–Kier alpha value is -3.08. The van der Waals surface area contributed by atoms with Crippen LogP contribution >= 0.6 is 0 Å². The molecule has 26 heavy (non-hydrogen) atoms. The molecule has 0 amide bonds. The fourth-order valence-corrected chi connectivity index (χ4v) is 2.92. The lowest BCUT2D eigenvalue weighted by Gasteiger charge is -2.14. The fraction of sp³-hybridized carbons (Fsp3) is 0.190. The predicted molar refractivity (Wildman–Crippen MR) is 97.2 cm³/mol. The van der Waals surface area contributed by atoms with E-state index in [1.165, 1.54) is 24.3 Å². The number of carbonyl (C=O) groups excluding carboxylic acids is 1. The van der Waals surface area contributed by atoms with Crippen LogP contribution in [0.4, 0.5) is 4.39 Å². The Balaban J connectivity index is 2.12. The number of ether oxygens (including phenoxy) is 1. The molecule has 3 aromatic rings. The molecule has 0 heterocycles. The summed E-state index contributed by atoms with van der Waals surface area (Å²) in [5, 5.41) is 20.6. The Kier molecular flexibility index (Phi) is 5.07. The zero-order valence-corrected chi connectivity index (χ0v) is 14.3. The third kappa shape index (κ3) is 3.33. The second kappa shape index (κ2) is 7.44. The maximum absolute atomic E-state index is 13.8. The molecule has 3 rings (SSSR count). The number of rotatable bonds is 5. The summed E-state index contributed by atoms with van der Waals surface area (Å²) in [6.07, 6.45) is 2.46. The van der Waals surface area contributed by atoms with Gasteiger partial charge in [-0.15, -0.1) is 0 Å². The van der Waals surface area contributed by atoms with E-state index in [0.29, 0.717) is 17.2 Å². The highest BCUT2D eigenvalue weighted by atomic mass is 19.1. The van der Waals surface area contributed by atoms with E-state index < -0.39 is 11.8 Å². The molecular formula is C21H19FO4. The van der Waals surface area contributed by atoms with Gasteiger partial charge in [0.2, 0.25) is 0 Å². The monoisotopic (exact) mass is 354 g/mol. The molecule has 0 saturated carbocycles. The van der Waals surface area contributed by atoms with Crippen LogP contribution in [0.5, 0.6) is 17.2 Å². The Bertz CT molecular complexity index is 966. The van der Waals surface area contributed by atoms with Crippen LogP contribution in [0.1, 0.15) is 35.7 Å². The van der Waals surface area contributed by atoms with Gasteiger partial charge in [-0.05, 0) is 42.7 Å². The van der Waals surface area contributed by atoms with Gasteiger partial charge in [0.05, 0.1) is 5.56 Å². The molecule has 4 nitrogen and oxygen atoms in total. The lowest BCUT2D eigenvalue weighted by Crippen LogP contribution is -2.13. The van der Waals surface area contributed by atoms with Crippen molar-refractivity contribution >= 4 is 16.7 Å². The van der Waals surface area contributed by atoms with Crippen molar-refractivity contribution in [3.63, 3.8) is 0 Å². The van der Waals surface area contributed by atoms with Gasteiger partial charge in [0.25, 0.3) is 0 Å². The maximum atomic E-state index is 13.8. The van der Waals surface area contributed by atoms with Crippen molar-refractivity contribution in [1.82, 2.24) is 0 Å². The quantitative estimate of drug-likeness (QED) is 0.386. The van der Waals surface area contributed by atoms with Crippen LogP contribution < -0.4 is 4.74 Å². The van der Waals surface area contributed by atoms with Gasteiger partial charge in [-0.25, -0.2) is 9.18 Å². The molecule has 0 saturated heterocycles. The molecule has 0 fully saturated rings. The molecule has 2 N–H and O–H groups in total. The zero-order chi connectivity index (χ0) is 18.7. The number of unbranched alkanes of at least 4 members (excludes halogenated alkanes) is 1. The first-order valence-corrected chi connectivity index (χ1v) is 8.46. The molecule has 0 unspecified atom stereocenters. The van der Waals surface area contributed by atoms with E-state index in [1.807, 2.05) is 6.92 Å². The third-order valence-electron chi connectivity index (χ3n) is 4.28. The minimum Gasteiger partial charge on any atom is -0.504 e. The van der Waals surface area contributed by atoms with Crippen molar-refractivity contribution < 1.29 is 24.1 Å². The Morgan fingerprint density at radius 2 is 1.77 bits per heavy atom. The summed E-state index contributed by atoms with van der Waals surface area (Å²) in [5.74, 6) is -2.05. The minimum atomic E-state index is -0.697. The van der Waals surface area contributed by atoms with Crippen molar-refractivity contribution in [3.05, 3.63) is 65.5 Å². The van der Waals surface area contributed by atoms with Gasteiger partial charge >= 0.3 is 5.97 Å². The smallest absolute Gasteiger partial charge is 0.344 e. The lowest BCUT2D eigenvalue weighted by molar-refractivity contribution is 0.0729. The fourth-order valence-electron chi connectivity index (χ4n) is 2.92. The first kappa shape index (κ1) is 17.7. The zero-order valence-electron chi connectivity index (χ0n) is 14.3. The molecule has 134 valence electrons. The number of phenolic OH excluding ortho intramolecular Hbond substituents is 2. The predicted octanol–water partition coefficient (Wildman–Crippen LogP) is 4.95. The molecular weight excluding hydrogens is 335 g/mol. The molecule has 5 heteroatoms. The number of benzene rings is 3. The second-order valence-electron chi connectivity index (χ2n) is 6.05. The van der Waals surface area contributed by atoms with E-state index in [1.54, 1.807) is 24.3 Å². The molecule has 0 spiro atoms. The number of aryl methyl sites for hydroxylation is 1. The molecule has 0 atom stereocenters. The van der Waals surface area contributed by atoms with E-state index in [2.05, 4.69) is 0 Å². The normalized spacial score (nSPS) is 10.8. The van der Waals surface area contributed by atoms with Crippen LogP contribution in [0.3, 0.4) is 0 Å². The Morgan fingerprint density at radius 3 is 2.50 bits per heavy atom. The summed E-state index contributed by atoms with van der Waals surface area (Å²) in [5.41, 5.74) is 1.03. The Morgan fingerprint density at radius 1 is 1.04 bits per heavy atom. The molecule has 0 aliphatic rings. The van der Waals surface area contributed by atoms with Crippen LogP contribution in [-0.4, -0.2) is 16.2 Å². The van der Waals surface area contributed by atoms with Gasteiger partial charge in [0.15, 0.2) is 23.1 Å². The number of fused-ring (bicyclic) bond motifs is 1. The average molecular weight is 354 g/mol. The van der Waals surface area contributed by atoms with Gasteiger partial charge < -0.3 is 14.9 Å². The highest BCUT2D eigenvalue weighted by Crippen LogP contribution is 2.36. The highest BCUT2D eigenvalue weighted by molar-refractivity contribution is 6.08. The largest absolute Gasteiger partial charge is 0.504 e. The number of aromatic hydroxyl groups is 2. The van der Waals surface area contributed by atoms with E-state index in [4.69, 9.17) is 4.74 Å². The van der Waals surface area contributed by atoms with Gasteiger partial charge in [0, 0.05) is 10.8 Å². The summed E-state index contributed by atoms with van der Waals surface area (Å²) >= 11 is 0. The minimum absolute atomic E-state index is 0.154. The van der Waals surface area contributed by atoms with Crippen LogP contribution in [-0.2, 0) is 6.42 Å².